The van der Waals surface area contributed by atoms with Gasteiger partial charge in [0.1, 0.15) is 11.6 Å². The Morgan fingerprint density at radius 3 is 2.60 bits per heavy atom. The molecule has 0 bridgehead atoms. The maximum atomic E-state index is 12.0. The lowest BCUT2D eigenvalue weighted by Gasteiger charge is -2.09. The van der Waals surface area contributed by atoms with Crippen LogP contribution in [0.15, 0.2) is 52.4 Å². The number of hydrogen-bond acceptors (Lipinski definition) is 4. The second-order valence-electron chi connectivity index (χ2n) is 5.27. The Kier molecular flexibility index (Phi) is 10.2. The van der Waals surface area contributed by atoms with E-state index in [1.54, 1.807) is 7.11 Å². The molecule has 5 nitrogen and oxygen atoms in total. The van der Waals surface area contributed by atoms with Gasteiger partial charge in [-0.3, -0.25) is 9.79 Å². The summed E-state index contributed by atoms with van der Waals surface area (Å²) >= 11 is 1.47. The van der Waals surface area contributed by atoms with Gasteiger partial charge in [-0.25, -0.2) is 0 Å². The third kappa shape index (κ3) is 8.44. The third-order valence-electron chi connectivity index (χ3n) is 3.39. The lowest BCUT2D eigenvalue weighted by Crippen LogP contribution is -2.28. The maximum Gasteiger partial charge on any atom is 0.224 e. The number of amidine groups is 1. The molecule has 0 aliphatic rings. The minimum atomic E-state index is -0.0130. The summed E-state index contributed by atoms with van der Waals surface area (Å²) in [4.78, 5) is 16.5. The zero-order valence-electron chi connectivity index (χ0n) is 15.3. The van der Waals surface area contributed by atoms with Crippen molar-refractivity contribution in [3.05, 3.63) is 53.0 Å². The second-order valence-corrected chi connectivity index (χ2v) is 5.98. The molecule has 0 saturated carbocycles. The van der Waals surface area contributed by atoms with Crippen LogP contribution in [0.2, 0.25) is 0 Å². The highest BCUT2D eigenvalue weighted by atomic mass is 32.2. The molecule has 2 N–H and O–H groups in total. The van der Waals surface area contributed by atoms with Crippen molar-refractivity contribution in [3.63, 3.8) is 0 Å². The summed E-state index contributed by atoms with van der Waals surface area (Å²) in [6, 6.07) is 7.50. The summed E-state index contributed by atoms with van der Waals surface area (Å²) in [6.45, 7) is 6.98. The zero-order chi connectivity index (χ0) is 18.5. The maximum absolute atomic E-state index is 12.0. The van der Waals surface area contributed by atoms with Crippen molar-refractivity contribution in [1.82, 2.24) is 10.0 Å². The first-order valence-corrected chi connectivity index (χ1v) is 9.08. The van der Waals surface area contributed by atoms with E-state index in [1.165, 1.54) is 11.9 Å². The molecule has 0 aliphatic heterocycles. The van der Waals surface area contributed by atoms with E-state index in [2.05, 4.69) is 15.0 Å². The standard InChI is InChI=1S/C19H27N3O2S/c1-5-13-25-22-19(15(3)6-2)21-12-11-20-18(23)14-16-7-9-17(24-4)10-8-16/h5-10,13H,11-12,14H2,1-4H3,(H,20,23)(H,21,22)/b13-5+,15-6+. The molecule has 0 unspecified atom stereocenters. The molecule has 0 fully saturated rings. The number of nitrogens with zero attached hydrogens (tertiary/aromatic N) is 1. The third-order valence-corrected chi connectivity index (χ3v) is 4.11. The van der Waals surface area contributed by atoms with Crippen LogP contribution in [0.4, 0.5) is 0 Å². The highest BCUT2D eigenvalue weighted by Gasteiger charge is 2.04. The average Bonchev–Trinajstić information content (AvgIpc) is 2.63. The van der Waals surface area contributed by atoms with Gasteiger partial charge in [-0.15, -0.1) is 0 Å². The van der Waals surface area contributed by atoms with Crippen LogP contribution in [0.5, 0.6) is 5.75 Å². The van der Waals surface area contributed by atoms with Gasteiger partial charge in [0.25, 0.3) is 0 Å². The van der Waals surface area contributed by atoms with Crippen LogP contribution in [-0.2, 0) is 11.2 Å². The first-order valence-electron chi connectivity index (χ1n) is 8.20. The normalized spacial score (nSPS) is 12.3. The van der Waals surface area contributed by atoms with Crippen LogP contribution in [0.3, 0.4) is 0 Å². The van der Waals surface area contributed by atoms with E-state index in [0.29, 0.717) is 19.5 Å². The molecule has 0 aliphatic carbocycles. The van der Waals surface area contributed by atoms with E-state index >= 15 is 0 Å². The number of rotatable bonds is 9. The van der Waals surface area contributed by atoms with Crippen LogP contribution in [0, 0.1) is 0 Å². The van der Waals surface area contributed by atoms with Crippen molar-refractivity contribution in [1.29, 1.82) is 0 Å². The monoisotopic (exact) mass is 361 g/mol. The van der Waals surface area contributed by atoms with Crippen LogP contribution >= 0.6 is 11.9 Å². The lowest BCUT2D eigenvalue weighted by atomic mass is 10.1. The van der Waals surface area contributed by atoms with Crippen molar-refractivity contribution in [2.24, 2.45) is 4.99 Å². The molecule has 0 atom stereocenters. The first-order chi connectivity index (χ1) is 12.1. The van der Waals surface area contributed by atoms with E-state index < -0.39 is 0 Å². The number of benzene rings is 1. The molecule has 0 heterocycles. The van der Waals surface area contributed by atoms with E-state index in [9.17, 15) is 4.79 Å². The first kappa shape index (κ1) is 20.8. The number of carbonyl (C=O) groups is 1. The van der Waals surface area contributed by atoms with E-state index in [4.69, 9.17) is 4.74 Å². The number of amides is 1. The van der Waals surface area contributed by atoms with E-state index in [1.807, 2.05) is 62.6 Å². The predicted octanol–water partition coefficient (Wildman–Crippen LogP) is 3.49. The molecule has 0 saturated heterocycles. The molecular weight excluding hydrogens is 334 g/mol. The number of methoxy groups -OCH3 is 1. The zero-order valence-corrected chi connectivity index (χ0v) is 16.2. The van der Waals surface area contributed by atoms with Gasteiger partial charge in [0.15, 0.2) is 0 Å². The fourth-order valence-corrected chi connectivity index (χ4v) is 2.43. The number of hydrogen-bond donors (Lipinski definition) is 2. The van der Waals surface area contributed by atoms with Gasteiger partial charge >= 0.3 is 0 Å². The number of nitrogens with one attached hydrogen (secondary N) is 2. The van der Waals surface area contributed by atoms with Gasteiger partial charge in [-0.1, -0.05) is 24.3 Å². The van der Waals surface area contributed by atoms with Crippen LogP contribution in [0.25, 0.3) is 0 Å². The van der Waals surface area contributed by atoms with E-state index in [-0.39, 0.29) is 5.91 Å². The molecular formula is C19H27N3O2S. The predicted molar refractivity (Wildman–Crippen MR) is 107 cm³/mol. The van der Waals surface area contributed by atoms with E-state index in [0.717, 1.165) is 22.7 Å². The van der Waals surface area contributed by atoms with Crippen molar-refractivity contribution in [2.75, 3.05) is 20.2 Å². The number of carbonyl (C=O) groups excluding carboxylic acids is 1. The number of ether oxygens (including phenoxy) is 1. The molecule has 25 heavy (non-hydrogen) atoms. The number of aliphatic imine (C=N–C) groups is 1. The van der Waals surface area contributed by atoms with Crippen LogP contribution in [0.1, 0.15) is 26.3 Å². The summed E-state index contributed by atoms with van der Waals surface area (Å²) in [5.41, 5.74) is 2.03. The van der Waals surface area contributed by atoms with Crippen LogP contribution in [-0.4, -0.2) is 31.9 Å². The highest BCUT2D eigenvalue weighted by molar-refractivity contribution is 8.00. The highest BCUT2D eigenvalue weighted by Crippen LogP contribution is 2.11. The largest absolute Gasteiger partial charge is 0.497 e. The van der Waals surface area contributed by atoms with Gasteiger partial charge in [0.05, 0.1) is 20.1 Å². The molecule has 0 radical (unpaired) electrons. The fourth-order valence-electron chi connectivity index (χ4n) is 1.89. The Hall–Kier alpha value is -2.21. The SMILES string of the molecule is C/C=C/SNC(=NCCNC(=O)Cc1ccc(OC)cc1)/C(C)=C/C. The Bertz CT molecular complexity index is 622. The molecule has 0 aromatic heterocycles. The van der Waals surface area contributed by atoms with Crippen molar-refractivity contribution in [3.8, 4) is 5.75 Å². The smallest absolute Gasteiger partial charge is 0.224 e. The molecule has 1 aromatic rings. The van der Waals surface area contributed by atoms with Gasteiger partial charge in [0, 0.05) is 6.54 Å². The Labute approximate surface area is 154 Å². The van der Waals surface area contributed by atoms with Crippen molar-refractivity contribution in [2.45, 2.75) is 27.2 Å². The summed E-state index contributed by atoms with van der Waals surface area (Å²) in [6.07, 6.45) is 4.31. The molecule has 1 aromatic carbocycles. The minimum Gasteiger partial charge on any atom is -0.497 e. The Morgan fingerprint density at radius 1 is 1.28 bits per heavy atom. The molecule has 1 rings (SSSR count). The summed E-state index contributed by atoms with van der Waals surface area (Å²) < 4.78 is 8.31. The van der Waals surface area contributed by atoms with Crippen LogP contribution < -0.4 is 14.8 Å². The summed E-state index contributed by atoms with van der Waals surface area (Å²) in [5, 5.41) is 4.85. The molecule has 0 spiro atoms. The van der Waals surface area contributed by atoms with Crippen molar-refractivity contribution >= 4 is 23.7 Å². The Morgan fingerprint density at radius 2 is 2.00 bits per heavy atom. The van der Waals surface area contributed by atoms with Gasteiger partial charge in [-0.2, -0.15) is 0 Å². The fraction of sp³-hybridized carbons (Fsp3) is 0.368. The quantitative estimate of drug-likeness (QED) is 0.306. The summed E-state index contributed by atoms with van der Waals surface area (Å²) in [7, 11) is 1.62. The number of allylic oxidation sites excluding steroid dienone is 2. The molecule has 6 heteroatoms. The van der Waals surface area contributed by atoms with Gasteiger partial charge < -0.3 is 14.8 Å². The molecule has 1 amide bonds. The average molecular weight is 362 g/mol. The van der Waals surface area contributed by atoms with Crippen molar-refractivity contribution < 1.29 is 9.53 Å². The van der Waals surface area contributed by atoms with Gasteiger partial charge in [0.2, 0.25) is 5.91 Å². The van der Waals surface area contributed by atoms with Gasteiger partial charge in [-0.05, 0) is 61.4 Å². The Balaban J connectivity index is 2.43. The second kappa shape index (κ2) is 12.2. The minimum absolute atomic E-state index is 0.0130. The summed E-state index contributed by atoms with van der Waals surface area (Å²) in [5.74, 6) is 1.60. The molecule has 136 valence electrons. The lowest BCUT2D eigenvalue weighted by molar-refractivity contribution is -0.120. The topological polar surface area (TPSA) is 62.7 Å².